The van der Waals surface area contributed by atoms with Crippen LogP contribution in [0.25, 0.3) is 36.5 Å². The van der Waals surface area contributed by atoms with E-state index in [2.05, 4.69) is 0 Å². The molecule has 0 spiro atoms. The van der Waals surface area contributed by atoms with Gasteiger partial charge >= 0.3 is 0 Å². The van der Waals surface area contributed by atoms with Crippen LogP contribution in [0.15, 0.2) is 115 Å². The van der Waals surface area contributed by atoms with Gasteiger partial charge in [0.2, 0.25) is 17.2 Å². The molecule has 91 heavy (non-hydrogen) atoms. The van der Waals surface area contributed by atoms with Crippen LogP contribution >= 0.6 is 0 Å². The Balaban J connectivity index is 0.000000546. The Morgan fingerprint density at radius 3 is 1.02 bits per heavy atom. The van der Waals surface area contributed by atoms with Crippen molar-refractivity contribution in [1.82, 2.24) is 0 Å². The Bertz CT molecular complexity index is 3660. The molecule has 11 N–H and O–H groups in total. The van der Waals surface area contributed by atoms with E-state index in [4.69, 9.17) is 33.5 Å². The summed E-state index contributed by atoms with van der Waals surface area (Å²) in [6.07, 6.45) is 17.2. The number of rotatable bonds is 20. The number of aromatic hydroxyl groups is 9. The predicted molar refractivity (Wildman–Crippen MR) is 343 cm³/mol. The van der Waals surface area contributed by atoms with Crippen molar-refractivity contribution in [2.45, 2.75) is 54.8 Å². The maximum absolute atomic E-state index is 10.8. The number of ketones is 6. The fourth-order valence-electron chi connectivity index (χ4n) is 7.02. The second kappa shape index (κ2) is 40.2. The van der Waals surface area contributed by atoms with Crippen LogP contribution in [0.2, 0.25) is 0 Å². The number of aliphatic hydroxyl groups is 2. The van der Waals surface area contributed by atoms with Crippen LogP contribution in [0.3, 0.4) is 0 Å². The fraction of sp³-hybridized carbons (Fsp3) is 0.206. The predicted octanol–water partition coefficient (Wildman–Crippen LogP) is 10.1. The summed E-state index contributed by atoms with van der Waals surface area (Å²) >= 11 is 0. The number of phenols is 9. The summed E-state index contributed by atoms with van der Waals surface area (Å²) in [4.78, 5) is 64.3. The molecule has 0 saturated heterocycles. The standard InChI is InChI=1S/2C12H14O4.3C11H12O4.C11H12O3/c1-8(13)4-5-9-6-7-10(15-2)12(16-3)11(9)14;1-8(14)3-4-9-5-6-11(15)12(16-2)10(9)7-13;1-7(12)3-4-8-5-6-9(15-2)11(14)10(8)13;1-7(12)3-4-8-5-6-9(13)11(15-2)10(8)14;1-7(13)2-3-8-4-5-10(14)11(15)9(8)6-12;1-8(12)3-4-9-5-6-10(14-2)7-11(9)13/h4-7,14H,1-3H3;3-6,13,15H,7H2,1-2H3;2*3-6,13-14H,1-2H3;2-5,12,14-15H,6H2,1H3;3-7,13H,1-2H3/b5-4+;3*4-3+;3-2+;4-3+. The van der Waals surface area contributed by atoms with Crippen molar-refractivity contribution in [1.29, 1.82) is 0 Å². The smallest absolute Gasteiger partial charge is 0.203 e. The quantitative estimate of drug-likeness (QED) is 0.0250. The number of carbonyl (C=O) groups excluding carboxylic acids is 6. The summed E-state index contributed by atoms with van der Waals surface area (Å²) in [5.74, 6) is -0.505. The molecule has 0 amide bonds. The maximum atomic E-state index is 10.8. The minimum atomic E-state index is -0.405. The number of methoxy groups -OCH3 is 6. The summed E-state index contributed by atoms with van der Waals surface area (Å²) in [6.45, 7) is 7.86. The third-order valence-corrected chi connectivity index (χ3v) is 11.6. The van der Waals surface area contributed by atoms with E-state index in [0.29, 0.717) is 50.4 Å². The lowest BCUT2D eigenvalue weighted by atomic mass is 10.1. The van der Waals surface area contributed by atoms with Gasteiger partial charge in [-0.05, 0) is 174 Å². The second-order valence-corrected chi connectivity index (χ2v) is 18.4. The van der Waals surface area contributed by atoms with Crippen LogP contribution in [0.4, 0.5) is 0 Å². The number of phenolic OH excluding ortho intramolecular Hbond substituents is 8. The number of hydrogen-bond acceptors (Lipinski definition) is 23. The highest BCUT2D eigenvalue weighted by Gasteiger charge is 2.15. The molecule has 0 saturated carbocycles. The number of hydrogen-bond donors (Lipinski definition) is 11. The van der Waals surface area contributed by atoms with Crippen LogP contribution in [0.1, 0.15) is 86.1 Å². The normalized spacial score (nSPS) is 10.6. The fourth-order valence-corrected chi connectivity index (χ4v) is 7.02. The molecule has 0 heterocycles. The molecular weight excluding hydrogens is 1180 g/mol. The van der Waals surface area contributed by atoms with Crippen molar-refractivity contribution >= 4 is 71.2 Å². The number of benzene rings is 6. The van der Waals surface area contributed by atoms with Gasteiger partial charge in [0.1, 0.15) is 11.5 Å². The Kier molecular flexibility index (Phi) is 34.3. The average Bonchev–Trinajstić information content (AvgIpc) is 2.14. The van der Waals surface area contributed by atoms with Crippen LogP contribution in [0, 0.1) is 0 Å². The maximum Gasteiger partial charge on any atom is 0.203 e. The SMILES string of the molecule is CC(=O)/C=C/c1ccc(O)c(O)c1CO.COc1c(O)ccc(/C=C/C(C)=O)c1CO.COc1c(O)ccc(/C=C/C(C)=O)c1O.COc1ccc(/C=C/C(C)=O)c(O)c1.COc1ccc(/C=C/C(C)=O)c(O)c1O.COc1ccc(/C=C/C(C)=O)c(O)c1OC. The van der Waals surface area contributed by atoms with Crippen LogP contribution in [0.5, 0.6) is 86.2 Å². The van der Waals surface area contributed by atoms with E-state index in [-0.39, 0.29) is 122 Å². The van der Waals surface area contributed by atoms with Gasteiger partial charge < -0.3 is 84.6 Å². The first kappa shape index (κ1) is 77.7. The molecule has 6 rings (SSSR count). The van der Waals surface area contributed by atoms with Crippen LogP contribution in [-0.2, 0) is 42.0 Å². The van der Waals surface area contributed by atoms with Crippen molar-refractivity contribution in [2.75, 3.05) is 42.7 Å². The minimum Gasteiger partial charge on any atom is -0.507 e. The zero-order valence-electron chi connectivity index (χ0n) is 52.2. The van der Waals surface area contributed by atoms with Gasteiger partial charge in [-0.25, -0.2) is 0 Å². The first-order valence-electron chi connectivity index (χ1n) is 26.8. The van der Waals surface area contributed by atoms with E-state index in [9.17, 15) is 79.8 Å². The minimum absolute atomic E-state index is 0.000650. The third kappa shape index (κ3) is 26.3. The molecule has 0 aliphatic carbocycles. The number of allylic oxidation sites excluding steroid dienone is 6. The van der Waals surface area contributed by atoms with Crippen molar-refractivity contribution in [2.24, 2.45) is 0 Å². The molecule has 0 aliphatic heterocycles. The van der Waals surface area contributed by atoms with Crippen molar-refractivity contribution in [3.63, 3.8) is 0 Å². The van der Waals surface area contributed by atoms with Crippen LogP contribution in [-0.4, -0.2) is 134 Å². The molecule has 23 heteroatoms. The monoisotopic (exact) mass is 1260 g/mol. The van der Waals surface area contributed by atoms with Gasteiger partial charge in [-0.2, -0.15) is 0 Å². The Morgan fingerprint density at radius 2 is 0.637 bits per heavy atom. The van der Waals surface area contributed by atoms with Crippen molar-refractivity contribution < 1.29 is 113 Å². The third-order valence-electron chi connectivity index (χ3n) is 11.6. The average molecular weight is 1260 g/mol. The molecule has 0 aromatic heterocycles. The molecule has 0 fully saturated rings. The number of aliphatic hydroxyl groups excluding tert-OH is 2. The van der Waals surface area contributed by atoms with Gasteiger partial charge in [0.25, 0.3) is 0 Å². The lowest BCUT2D eigenvalue weighted by molar-refractivity contribution is -0.113. The van der Waals surface area contributed by atoms with Gasteiger partial charge in [0.05, 0.1) is 55.9 Å². The molecule has 23 nitrogen and oxygen atoms in total. The van der Waals surface area contributed by atoms with Gasteiger partial charge in [0.15, 0.2) is 92.2 Å². The van der Waals surface area contributed by atoms with E-state index in [1.165, 1.54) is 187 Å². The number of carbonyl (C=O) groups is 6. The van der Waals surface area contributed by atoms with Gasteiger partial charge in [-0.1, -0.05) is 24.3 Å². The highest BCUT2D eigenvalue weighted by molar-refractivity contribution is 5.95. The zero-order chi connectivity index (χ0) is 69.1. The molecule has 0 atom stereocenters. The van der Waals surface area contributed by atoms with Gasteiger partial charge in [0, 0.05) is 39.4 Å². The van der Waals surface area contributed by atoms with Crippen LogP contribution < -0.4 is 28.4 Å². The summed E-state index contributed by atoms with van der Waals surface area (Å²) in [6, 6.07) is 20.0. The van der Waals surface area contributed by atoms with Gasteiger partial charge in [-0.15, -0.1) is 0 Å². The zero-order valence-corrected chi connectivity index (χ0v) is 52.2. The molecule has 6 aromatic carbocycles. The van der Waals surface area contributed by atoms with Crippen molar-refractivity contribution in [3.05, 3.63) is 160 Å². The Labute approximate surface area is 526 Å². The van der Waals surface area contributed by atoms with E-state index in [1.807, 2.05) is 0 Å². The first-order chi connectivity index (χ1) is 43.0. The largest absolute Gasteiger partial charge is 0.507 e. The van der Waals surface area contributed by atoms with Gasteiger partial charge in [-0.3, -0.25) is 28.8 Å². The lowest BCUT2D eigenvalue weighted by Gasteiger charge is -2.11. The summed E-state index contributed by atoms with van der Waals surface area (Å²) in [5.41, 5.74) is 3.69. The molecule has 0 bridgehead atoms. The molecule has 486 valence electrons. The molecule has 0 unspecified atom stereocenters. The highest BCUT2D eigenvalue weighted by Crippen LogP contribution is 2.41. The number of ether oxygens (including phenoxy) is 6. The van der Waals surface area contributed by atoms with E-state index in [0.717, 1.165) is 0 Å². The van der Waals surface area contributed by atoms with E-state index < -0.39 is 6.61 Å². The highest BCUT2D eigenvalue weighted by atomic mass is 16.5. The topological polar surface area (TPSA) is 380 Å². The molecule has 6 aromatic rings. The summed E-state index contributed by atoms with van der Waals surface area (Å²) in [5, 5.41) is 104. The first-order valence-corrected chi connectivity index (χ1v) is 26.8. The summed E-state index contributed by atoms with van der Waals surface area (Å²) < 4.78 is 29.6. The van der Waals surface area contributed by atoms with E-state index >= 15 is 0 Å². The molecular formula is C68H76O23. The summed E-state index contributed by atoms with van der Waals surface area (Å²) in [7, 11) is 8.60. The van der Waals surface area contributed by atoms with Crippen molar-refractivity contribution in [3.8, 4) is 86.2 Å². The Hall–Kier alpha value is -11.3. The second-order valence-electron chi connectivity index (χ2n) is 18.4. The molecule has 0 radical (unpaired) electrons. The Morgan fingerprint density at radius 1 is 0.308 bits per heavy atom. The lowest BCUT2D eigenvalue weighted by Crippen LogP contribution is -1.96. The van der Waals surface area contributed by atoms with E-state index in [1.54, 1.807) is 48.6 Å². The molecule has 0 aliphatic rings.